The van der Waals surface area contributed by atoms with E-state index in [9.17, 15) is 4.79 Å². The van der Waals surface area contributed by atoms with E-state index in [1.165, 1.54) is 0 Å². The highest BCUT2D eigenvalue weighted by Crippen LogP contribution is 2.18. The summed E-state index contributed by atoms with van der Waals surface area (Å²) in [5.41, 5.74) is 0.0481. The Bertz CT molecular complexity index is 246. The number of Topliss-reactive ketones (excluding diaryl/α,β-unsaturated/α-hetero) is 1. The molecule has 0 bridgehead atoms. The molecule has 0 aliphatic heterocycles. The third kappa shape index (κ3) is 12.4. The Morgan fingerprint density at radius 1 is 0.842 bits per heavy atom. The molecule has 0 spiro atoms. The number of unbranched alkanes of at least 4 members (excludes halogenated alkanes) is 1. The van der Waals surface area contributed by atoms with Crippen LogP contribution in [-0.2, 0) is 14.3 Å². The average molecular weight is 272 g/mol. The molecule has 0 rings (SSSR count). The lowest BCUT2D eigenvalue weighted by atomic mass is 9.91. The molecule has 0 amide bonds. The molecule has 0 saturated carbocycles. The number of rotatable bonds is 9. The van der Waals surface area contributed by atoms with Crippen molar-refractivity contribution in [3.8, 4) is 0 Å². The molecule has 0 radical (unpaired) electrons. The zero-order valence-corrected chi connectivity index (χ0v) is 13.7. The predicted octanol–water partition coefficient (Wildman–Crippen LogP) is 3.85. The van der Waals surface area contributed by atoms with Gasteiger partial charge in [0.1, 0.15) is 6.61 Å². The van der Waals surface area contributed by atoms with Gasteiger partial charge in [0.25, 0.3) is 0 Å². The van der Waals surface area contributed by atoms with Gasteiger partial charge in [0.15, 0.2) is 5.78 Å². The van der Waals surface area contributed by atoms with Crippen LogP contribution in [0.25, 0.3) is 0 Å². The van der Waals surface area contributed by atoms with Crippen LogP contribution >= 0.6 is 0 Å². The highest BCUT2D eigenvalue weighted by Gasteiger charge is 2.20. The lowest BCUT2D eigenvalue weighted by Crippen LogP contribution is -2.25. The molecule has 0 aromatic rings. The molecule has 0 aliphatic rings. The van der Waals surface area contributed by atoms with E-state index >= 15 is 0 Å². The van der Waals surface area contributed by atoms with E-state index in [0.717, 1.165) is 32.5 Å². The Hall–Kier alpha value is -0.410. The van der Waals surface area contributed by atoms with Gasteiger partial charge in [-0.3, -0.25) is 4.79 Å². The van der Waals surface area contributed by atoms with Crippen LogP contribution in [0.3, 0.4) is 0 Å². The molecule has 3 nitrogen and oxygen atoms in total. The number of carbonyl (C=O) groups is 1. The third-order valence-corrected chi connectivity index (χ3v) is 2.89. The predicted molar refractivity (Wildman–Crippen MR) is 79.4 cm³/mol. The van der Waals surface area contributed by atoms with Crippen molar-refractivity contribution < 1.29 is 14.3 Å². The summed E-state index contributed by atoms with van der Waals surface area (Å²) >= 11 is 0. The summed E-state index contributed by atoms with van der Waals surface area (Å²) in [7, 11) is 0. The van der Waals surface area contributed by atoms with Crippen molar-refractivity contribution in [2.45, 2.75) is 60.8 Å². The maximum absolute atomic E-state index is 11.6. The van der Waals surface area contributed by atoms with Gasteiger partial charge in [0, 0.05) is 25.2 Å². The van der Waals surface area contributed by atoms with Crippen molar-refractivity contribution in [3.63, 3.8) is 0 Å². The van der Waals surface area contributed by atoms with Crippen LogP contribution in [0.1, 0.15) is 60.8 Å². The molecule has 0 fully saturated rings. The van der Waals surface area contributed by atoms with Crippen molar-refractivity contribution in [2.75, 3.05) is 26.4 Å². The van der Waals surface area contributed by atoms with Gasteiger partial charge in [-0.05, 0) is 24.7 Å². The first kappa shape index (κ1) is 18.6. The molecule has 0 aromatic carbocycles. The van der Waals surface area contributed by atoms with Crippen LogP contribution in [0.5, 0.6) is 0 Å². The standard InChI is InChI=1S/C16H32O3/c1-15(2,3)9-12-18-10-7-8-11-19-13-14(17)16(4,5)6/h7-13H2,1-6H3. The van der Waals surface area contributed by atoms with Gasteiger partial charge < -0.3 is 9.47 Å². The summed E-state index contributed by atoms with van der Waals surface area (Å²) in [6.07, 6.45) is 3.03. The normalized spacial score (nSPS) is 12.7. The number of hydrogen-bond donors (Lipinski definition) is 0. The van der Waals surface area contributed by atoms with E-state index in [4.69, 9.17) is 9.47 Å². The minimum absolute atomic E-state index is 0.161. The molecule has 0 saturated heterocycles. The molecular formula is C16H32O3. The SMILES string of the molecule is CC(C)(C)CCOCCCCOCC(=O)C(C)(C)C. The fraction of sp³-hybridized carbons (Fsp3) is 0.938. The zero-order valence-electron chi connectivity index (χ0n) is 13.7. The first-order valence-electron chi connectivity index (χ1n) is 7.32. The summed E-state index contributed by atoms with van der Waals surface area (Å²) in [5.74, 6) is 0.161. The monoisotopic (exact) mass is 272 g/mol. The maximum Gasteiger partial charge on any atom is 0.163 e. The second-order valence-corrected chi connectivity index (χ2v) is 7.36. The van der Waals surface area contributed by atoms with Gasteiger partial charge in [0.05, 0.1) is 0 Å². The van der Waals surface area contributed by atoms with E-state index in [1.807, 2.05) is 20.8 Å². The van der Waals surface area contributed by atoms with Gasteiger partial charge in [0.2, 0.25) is 0 Å². The maximum atomic E-state index is 11.6. The molecule has 19 heavy (non-hydrogen) atoms. The van der Waals surface area contributed by atoms with Gasteiger partial charge in [-0.25, -0.2) is 0 Å². The summed E-state index contributed by atoms with van der Waals surface area (Å²) in [6, 6.07) is 0. The number of ether oxygens (including phenoxy) is 2. The molecule has 114 valence electrons. The summed E-state index contributed by atoms with van der Waals surface area (Å²) < 4.78 is 10.9. The molecular weight excluding hydrogens is 240 g/mol. The number of ketones is 1. The largest absolute Gasteiger partial charge is 0.381 e. The van der Waals surface area contributed by atoms with Gasteiger partial charge in [-0.1, -0.05) is 41.5 Å². The van der Waals surface area contributed by atoms with Gasteiger partial charge >= 0.3 is 0 Å². The Kier molecular flexibility index (Phi) is 8.51. The molecule has 0 atom stereocenters. The first-order chi connectivity index (χ1) is 8.63. The van der Waals surface area contributed by atoms with Crippen LogP contribution in [-0.4, -0.2) is 32.2 Å². The quantitative estimate of drug-likeness (QED) is 0.598. The smallest absolute Gasteiger partial charge is 0.163 e. The van der Waals surface area contributed by atoms with Gasteiger partial charge in [-0.15, -0.1) is 0 Å². The highest BCUT2D eigenvalue weighted by atomic mass is 16.5. The van der Waals surface area contributed by atoms with Gasteiger partial charge in [-0.2, -0.15) is 0 Å². The Labute approximate surface area is 119 Å². The Morgan fingerprint density at radius 3 is 1.84 bits per heavy atom. The molecule has 0 heterocycles. The van der Waals surface area contributed by atoms with Crippen LogP contribution in [0.4, 0.5) is 0 Å². The van der Waals surface area contributed by atoms with E-state index in [-0.39, 0.29) is 17.8 Å². The van der Waals surface area contributed by atoms with E-state index in [0.29, 0.717) is 12.0 Å². The van der Waals surface area contributed by atoms with Crippen molar-refractivity contribution in [1.29, 1.82) is 0 Å². The molecule has 0 aliphatic carbocycles. The van der Waals surface area contributed by atoms with E-state index < -0.39 is 0 Å². The molecule has 0 unspecified atom stereocenters. The van der Waals surface area contributed by atoms with Crippen molar-refractivity contribution >= 4 is 5.78 Å². The lowest BCUT2D eigenvalue weighted by Gasteiger charge is -2.17. The fourth-order valence-electron chi connectivity index (χ4n) is 1.27. The minimum Gasteiger partial charge on any atom is -0.381 e. The third-order valence-electron chi connectivity index (χ3n) is 2.89. The van der Waals surface area contributed by atoms with Crippen LogP contribution < -0.4 is 0 Å². The number of carbonyl (C=O) groups excluding carboxylic acids is 1. The molecule has 0 aromatic heterocycles. The van der Waals surface area contributed by atoms with E-state index in [2.05, 4.69) is 20.8 Å². The lowest BCUT2D eigenvalue weighted by molar-refractivity contribution is -0.131. The zero-order chi connectivity index (χ0) is 14.9. The topological polar surface area (TPSA) is 35.5 Å². The van der Waals surface area contributed by atoms with Crippen LogP contribution in [0.15, 0.2) is 0 Å². The first-order valence-corrected chi connectivity index (χ1v) is 7.32. The van der Waals surface area contributed by atoms with Crippen molar-refractivity contribution in [1.82, 2.24) is 0 Å². The Balaban J connectivity index is 3.31. The Morgan fingerprint density at radius 2 is 1.37 bits per heavy atom. The average Bonchev–Trinajstić information content (AvgIpc) is 2.23. The molecule has 0 N–H and O–H groups in total. The van der Waals surface area contributed by atoms with Crippen molar-refractivity contribution in [3.05, 3.63) is 0 Å². The van der Waals surface area contributed by atoms with Crippen molar-refractivity contribution in [2.24, 2.45) is 10.8 Å². The highest BCUT2D eigenvalue weighted by molar-refractivity contribution is 5.84. The van der Waals surface area contributed by atoms with E-state index in [1.54, 1.807) is 0 Å². The summed E-state index contributed by atoms with van der Waals surface area (Å²) in [5, 5.41) is 0. The molecule has 3 heteroatoms. The second kappa shape index (κ2) is 8.70. The summed E-state index contributed by atoms with van der Waals surface area (Å²) in [4.78, 5) is 11.6. The summed E-state index contributed by atoms with van der Waals surface area (Å²) in [6.45, 7) is 14.9. The van der Waals surface area contributed by atoms with Crippen LogP contribution in [0, 0.1) is 10.8 Å². The second-order valence-electron chi connectivity index (χ2n) is 7.36. The van der Waals surface area contributed by atoms with Crippen LogP contribution in [0.2, 0.25) is 0 Å². The minimum atomic E-state index is -0.296. The fourth-order valence-corrected chi connectivity index (χ4v) is 1.27. The number of hydrogen-bond acceptors (Lipinski definition) is 3.